The van der Waals surface area contributed by atoms with Gasteiger partial charge < -0.3 is 14.7 Å². The molecule has 0 unspecified atom stereocenters. The molecule has 0 atom stereocenters. The van der Waals surface area contributed by atoms with Gasteiger partial charge in [0.05, 0.1) is 13.7 Å². The molecule has 0 aliphatic heterocycles. The van der Waals surface area contributed by atoms with Crippen LogP contribution in [0.1, 0.15) is 19.3 Å². The van der Waals surface area contributed by atoms with Crippen LogP contribution in [0.15, 0.2) is 18.2 Å². The maximum absolute atomic E-state index is 13.6. The predicted molar refractivity (Wildman–Crippen MR) is 69.6 cm³/mol. The van der Waals surface area contributed by atoms with E-state index in [1.165, 1.54) is 19.6 Å². The van der Waals surface area contributed by atoms with Gasteiger partial charge in [-0.15, -0.1) is 0 Å². The predicted octanol–water partition coefficient (Wildman–Crippen LogP) is 2.43. The lowest BCUT2D eigenvalue weighted by molar-refractivity contribution is 0.0524. The molecule has 1 aromatic rings. The molecule has 4 heteroatoms. The molecule has 1 saturated carbocycles. The number of ether oxygens (including phenoxy) is 1. The molecule has 0 aromatic heterocycles. The van der Waals surface area contributed by atoms with Gasteiger partial charge >= 0.3 is 0 Å². The minimum atomic E-state index is -0.353. The van der Waals surface area contributed by atoms with Crippen LogP contribution in [-0.2, 0) is 0 Å². The highest BCUT2D eigenvalue weighted by atomic mass is 19.1. The Labute approximate surface area is 107 Å². The Morgan fingerprint density at radius 3 is 2.61 bits per heavy atom. The van der Waals surface area contributed by atoms with Gasteiger partial charge in [-0.3, -0.25) is 0 Å². The monoisotopic (exact) mass is 253 g/mol. The van der Waals surface area contributed by atoms with E-state index in [2.05, 4.69) is 0 Å². The average Bonchev–Trinajstić information content (AvgIpc) is 2.33. The quantitative estimate of drug-likeness (QED) is 0.874. The van der Waals surface area contributed by atoms with Crippen molar-refractivity contribution in [3.63, 3.8) is 0 Å². The van der Waals surface area contributed by atoms with E-state index in [-0.39, 0.29) is 23.6 Å². The van der Waals surface area contributed by atoms with Crippen molar-refractivity contribution in [2.45, 2.75) is 19.3 Å². The third-order valence-corrected chi connectivity index (χ3v) is 3.90. The second kappa shape index (κ2) is 5.14. The molecule has 1 aliphatic rings. The summed E-state index contributed by atoms with van der Waals surface area (Å²) in [6.07, 6.45) is 3.27. The summed E-state index contributed by atoms with van der Waals surface area (Å²) in [7, 11) is 3.38. The fourth-order valence-electron chi connectivity index (χ4n) is 2.53. The van der Waals surface area contributed by atoms with Gasteiger partial charge in [0.2, 0.25) is 0 Å². The smallest absolute Gasteiger partial charge is 0.167 e. The Balaban J connectivity index is 2.09. The fourth-order valence-corrected chi connectivity index (χ4v) is 2.53. The van der Waals surface area contributed by atoms with Crippen molar-refractivity contribution >= 4 is 5.69 Å². The molecular formula is C14H20FNO2. The summed E-state index contributed by atoms with van der Waals surface area (Å²) in [5.74, 6) is -0.0961. The van der Waals surface area contributed by atoms with E-state index in [1.807, 2.05) is 18.0 Å². The van der Waals surface area contributed by atoms with Crippen molar-refractivity contribution in [3.05, 3.63) is 24.0 Å². The van der Waals surface area contributed by atoms with E-state index >= 15 is 0 Å². The lowest BCUT2D eigenvalue weighted by Crippen LogP contribution is -2.43. The summed E-state index contributed by atoms with van der Waals surface area (Å²) < 4.78 is 18.5. The first kappa shape index (κ1) is 13.1. The summed E-state index contributed by atoms with van der Waals surface area (Å²) in [5.41, 5.74) is 0.818. The van der Waals surface area contributed by atoms with Crippen molar-refractivity contribution in [2.75, 3.05) is 32.2 Å². The highest BCUT2D eigenvalue weighted by molar-refractivity contribution is 5.49. The van der Waals surface area contributed by atoms with Crippen molar-refractivity contribution in [1.29, 1.82) is 0 Å². The maximum atomic E-state index is 13.6. The van der Waals surface area contributed by atoms with E-state index in [0.29, 0.717) is 0 Å². The van der Waals surface area contributed by atoms with Crippen LogP contribution < -0.4 is 9.64 Å². The first-order valence-corrected chi connectivity index (χ1v) is 6.26. The topological polar surface area (TPSA) is 32.7 Å². The van der Waals surface area contributed by atoms with Crippen LogP contribution in [-0.4, -0.2) is 32.4 Å². The number of halogens is 1. The van der Waals surface area contributed by atoms with Crippen LogP contribution in [0.4, 0.5) is 10.1 Å². The van der Waals surface area contributed by atoms with Crippen LogP contribution >= 0.6 is 0 Å². The molecular weight excluding hydrogens is 233 g/mol. The largest absolute Gasteiger partial charge is 0.494 e. The minimum Gasteiger partial charge on any atom is -0.494 e. The number of aliphatic hydroxyl groups is 1. The van der Waals surface area contributed by atoms with Crippen LogP contribution in [0.3, 0.4) is 0 Å². The van der Waals surface area contributed by atoms with Crippen LogP contribution in [0.2, 0.25) is 0 Å². The molecule has 3 nitrogen and oxygen atoms in total. The number of hydrogen-bond acceptors (Lipinski definition) is 3. The van der Waals surface area contributed by atoms with Gasteiger partial charge in [-0.2, -0.15) is 0 Å². The highest BCUT2D eigenvalue weighted by Gasteiger charge is 2.37. The molecule has 0 spiro atoms. The van der Waals surface area contributed by atoms with E-state index in [0.717, 1.165) is 25.1 Å². The van der Waals surface area contributed by atoms with Crippen LogP contribution in [0, 0.1) is 11.2 Å². The minimum absolute atomic E-state index is 0.00511. The van der Waals surface area contributed by atoms with Crippen LogP contribution in [0.25, 0.3) is 0 Å². The van der Waals surface area contributed by atoms with Gasteiger partial charge in [-0.1, -0.05) is 6.42 Å². The molecule has 1 aliphatic carbocycles. The normalized spacial score (nSPS) is 17.1. The molecule has 0 saturated heterocycles. The number of nitrogens with zero attached hydrogens (tertiary/aromatic N) is 1. The molecule has 1 N–H and O–H groups in total. The highest BCUT2D eigenvalue weighted by Crippen LogP contribution is 2.41. The van der Waals surface area contributed by atoms with Gasteiger partial charge in [-0.25, -0.2) is 4.39 Å². The van der Waals surface area contributed by atoms with Crippen molar-refractivity contribution in [1.82, 2.24) is 0 Å². The summed E-state index contributed by atoms with van der Waals surface area (Å²) in [6.45, 7) is 0.964. The number of hydrogen-bond donors (Lipinski definition) is 1. The SMILES string of the molecule is COc1ccc(N(C)CC2(CO)CCC2)cc1F. The number of benzene rings is 1. The molecule has 1 aromatic carbocycles. The lowest BCUT2D eigenvalue weighted by Gasteiger charge is -2.43. The first-order chi connectivity index (χ1) is 8.60. The van der Waals surface area contributed by atoms with Gasteiger partial charge in [0, 0.05) is 30.8 Å². The Morgan fingerprint density at radius 1 is 1.44 bits per heavy atom. The third kappa shape index (κ3) is 2.43. The van der Waals surface area contributed by atoms with E-state index in [9.17, 15) is 9.50 Å². The maximum Gasteiger partial charge on any atom is 0.167 e. The Hall–Kier alpha value is -1.29. The van der Waals surface area contributed by atoms with Crippen molar-refractivity contribution < 1.29 is 14.2 Å². The zero-order valence-corrected chi connectivity index (χ0v) is 10.9. The Kier molecular flexibility index (Phi) is 3.76. The van der Waals surface area contributed by atoms with E-state index in [4.69, 9.17) is 4.74 Å². The van der Waals surface area contributed by atoms with Gasteiger partial charge in [0.25, 0.3) is 0 Å². The molecule has 2 rings (SSSR count). The molecule has 0 amide bonds. The lowest BCUT2D eigenvalue weighted by atomic mass is 9.69. The second-order valence-corrected chi connectivity index (χ2v) is 5.19. The van der Waals surface area contributed by atoms with E-state index < -0.39 is 0 Å². The molecule has 18 heavy (non-hydrogen) atoms. The van der Waals surface area contributed by atoms with Crippen molar-refractivity contribution in [3.8, 4) is 5.75 Å². The average molecular weight is 253 g/mol. The summed E-state index contributed by atoms with van der Waals surface area (Å²) in [5, 5.41) is 9.45. The third-order valence-electron chi connectivity index (χ3n) is 3.90. The van der Waals surface area contributed by atoms with Gasteiger partial charge in [0.15, 0.2) is 11.6 Å². The number of anilines is 1. The van der Waals surface area contributed by atoms with Crippen molar-refractivity contribution in [2.24, 2.45) is 5.41 Å². The number of aliphatic hydroxyl groups excluding tert-OH is 1. The molecule has 0 bridgehead atoms. The first-order valence-electron chi connectivity index (χ1n) is 6.26. The standard InChI is InChI=1S/C14H20FNO2/c1-16(9-14(10-17)6-3-7-14)11-4-5-13(18-2)12(15)8-11/h4-5,8,17H,3,6-7,9-10H2,1-2H3. The fraction of sp³-hybridized carbons (Fsp3) is 0.571. The molecule has 100 valence electrons. The second-order valence-electron chi connectivity index (χ2n) is 5.19. The Bertz CT molecular complexity index is 413. The number of rotatable bonds is 5. The Morgan fingerprint density at radius 2 is 2.17 bits per heavy atom. The molecule has 1 fully saturated rings. The van der Waals surface area contributed by atoms with Gasteiger partial charge in [-0.05, 0) is 25.0 Å². The summed E-state index contributed by atoms with van der Waals surface area (Å²) in [6, 6.07) is 4.95. The van der Waals surface area contributed by atoms with Gasteiger partial charge in [0.1, 0.15) is 0 Å². The zero-order valence-electron chi connectivity index (χ0n) is 10.9. The molecule has 0 radical (unpaired) electrons. The molecule has 0 heterocycles. The number of methoxy groups -OCH3 is 1. The zero-order chi connectivity index (χ0) is 13.2. The van der Waals surface area contributed by atoms with E-state index in [1.54, 1.807) is 6.07 Å². The van der Waals surface area contributed by atoms with Crippen LogP contribution in [0.5, 0.6) is 5.75 Å². The summed E-state index contributed by atoms with van der Waals surface area (Å²) in [4.78, 5) is 2.00. The summed E-state index contributed by atoms with van der Waals surface area (Å²) >= 11 is 0.